The Morgan fingerprint density at radius 1 is 1.20 bits per heavy atom. The first-order valence-corrected chi connectivity index (χ1v) is 8.39. The van der Waals surface area contributed by atoms with Crippen LogP contribution in [-0.4, -0.2) is 26.0 Å². The third-order valence-corrected chi connectivity index (χ3v) is 3.91. The Balaban J connectivity index is 2.39. The van der Waals surface area contributed by atoms with Gasteiger partial charge in [-0.25, -0.2) is 0 Å². The maximum atomic E-state index is 11.4. The monoisotopic (exact) mass is 364 g/mol. The van der Waals surface area contributed by atoms with Crippen molar-refractivity contribution in [3.8, 4) is 5.75 Å². The summed E-state index contributed by atoms with van der Waals surface area (Å²) in [5.41, 5.74) is 6.43. The second-order valence-corrected chi connectivity index (χ2v) is 6.36. The number of rotatable bonds is 5. The third-order valence-electron chi connectivity index (χ3n) is 3.03. The van der Waals surface area contributed by atoms with Crippen molar-refractivity contribution in [2.75, 3.05) is 18.2 Å². The lowest BCUT2D eigenvalue weighted by atomic mass is 10.2. The van der Waals surface area contributed by atoms with E-state index in [2.05, 4.69) is 15.5 Å². The average Bonchev–Trinajstić information content (AvgIpc) is 2.53. The molecule has 0 atom stereocenters. The molecule has 2 aromatic rings. The summed E-state index contributed by atoms with van der Waals surface area (Å²) in [6.45, 7) is 1.37. The van der Waals surface area contributed by atoms with Gasteiger partial charge in [0, 0.05) is 18.7 Å². The average molecular weight is 364 g/mol. The van der Waals surface area contributed by atoms with Crippen molar-refractivity contribution < 1.29 is 22.5 Å². The molecular weight excluding hydrogens is 348 g/mol. The minimum absolute atomic E-state index is 0.0680. The van der Waals surface area contributed by atoms with E-state index in [4.69, 9.17) is 10.5 Å². The van der Waals surface area contributed by atoms with Crippen molar-refractivity contribution in [2.45, 2.75) is 11.8 Å². The summed E-state index contributed by atoms with van der Waals surface area (Å²) in [5, 5.41) is 10.4. The van der Waals surface area contributed by atoms with E-state index in [-0.39, 0.29) is 17.3 Å². The molecule has 0 unspecified atom stereocenters. The Labute approximate surface area is 144 Å². The number of methoxy groups -OCH3 is 1. The van der Waals surface area contributed by atoms with Gasteiger partial charge in [0.15, 0.2) is 0 Å². The number of anilines is 2. The van der Waals surface area contributed by atoms with Crippen molar-refractivity contribution >= 4 is 38.8 Å². The zero-order chi connectivity index (χ0) is 18.6. The first-order valence-electron chi connectivity index (χ1n) is 6.95. The van der Waals surface area contributed by atoms with E-state index in [1.54, 1.807) is 12.1 Å². The van der Waals surface area contributed by atoms with E-state index in [0.717, 1.165) is 6.07 Å². The number of nitrogens with one attached hydrogen (secondary N) is 1. The van der Waals surface area contributed by atoms with Crippen LogP contribution in [0.25, 0.3) is 0 Å². The topological polar surface area (TPSA) is 143 Å². The molecule has 0 aliphatic rings. The van der Waals surface area contributed by atoms with Gasteiger partial charge in [0.05, 0.1) is 18.5 Å². The lowest BCUT2D eigenvalue weighted by molar-refractivity contribution is -0.114. The largest absolute Gasteiger partial charge is 0.494 e. The molecular formula is C15H16N4O5S. The molecule has 132 valence electrons. The Hall–Kier alpha value is -2.98. The lowest BCUT2D eigenvalue weighted by Gasteiger charge is -2.09. The summed E-state index contributed by atoms with van der Waals surface area (Å²) < 4.78 is 37.2. The van der Waals surface area contributed by atoms with Gasteiger partial charge in [0.25, 0.3) is 10.1 Å². The summed E-state index contributed by atoms with van der Waals surface area (Å²) in [6.07, 6.45) is 0. The van der Waals surface area contributed by atoms with E-state index < -0.39 is 15.0 Å². The number of nitrogen functional groups attached to an aromatic ring is 1. The van der Waals surface area contributed by atoms with Crippen molar-refractivity contribution in [3.63, 3.8) is 0 Å². The van der Waals surface area contributed by atoms with Crippen LogP contribution >= 0.6 is 0 Å². The molecule has 1 amide bonds. The smallest absolute Gasteiger partial charge is 0.296 e. The van der Waals surface area contributed by atoms with Gasteiger partial charge >= 0.3 is 0 Å². The molecule has 0 saturated heterocycles. The van der Waals surface area contributed by atoms with Crippen LogP contribution in [0.15, 0.2) is 51.5 Å². The Kier molecular flexibility index (Phi) is 5.35. The minimum Gasteiger partial charge on any atom is -0.494 e. The highest BCUT2D eigenvalue weighted by Gasteiger charge is 2.16. The molecule has 0 aromatic heterocycles. The highest BCUT2D eigenvalue weighted by atomic mass is 32.2. The highest BCUT2D eigenvalue weighted by Crippen LogP contribution is 2.32. The van der Waals surface area contributed by atoms with E-state index in [9.17, 15) is 17.8 Å². The molecule has 0 spiro atoms. The van der Waals surface area contributed by atoms with Crippen LogP contribution < -0.4 is 15.8 Å². The highest BCUT2D eigenvalue weighted by molar-refractivity contribution is 7.86. The predicted octanol–water partition coefficient (Wildman–Crippen LogP) is 2.90. The van der Waals surface area contributed by atoms with Gasteiger partial charge in [0.1, 0.15) is 16.3 Å². The zero-order valence-electron chi connectivity index (χ0n) is 13.4. The van der Waals surface area contributed by atoms with Gasteiger partial charge in [-0.05, 0) is 30.3 Å². The Morgan fingerprint density at radius 3 is 2.52 bits per heavy atom. The summed E-state index contributed by atoms with van der Waals surface area (Å²) in [4.78, 5) is 10.7. The van der Waals surface area contributed by atoms with Crippen LogP contribution in [0.3, 0.4) is 0 Å². The molecule has 10 heteroatoms. The van der Waals surface area contributed by atoms with E-state index in [1.807, 2.05) is 0 Å². The molecule has 25 heavy (non-hydrogen) atoms. The van der Waals surface area contributed by atoms with Gasteiger partial charge in [0.2, 0.25) is 5.91 Å². The number of benzene rings is 2. The standard InChI is InChI=1S/C15H16N4O5S/c1-9(20)17-12-6-4-11(8-14(12)24-2)18-19-13-5-3-10(16)7-15(13)25(21,22)23/h3-8H,16H2,1-2H3,(H,17,20)(H,21,22,23). The molecule has 0 heterocycles. The number of carbonyl (C=O) groups excluding carboxylic acids is 1. The van der Waals surface area contributed by atoms with Crippen LogP contribution in [0.1, 0.15) is 6.92 Å². The number of hydrogen-bond acceptors (Lipinski definition) is 7. The number of nitrogens with zero attached hydrogens (tertiary/aromatic N) is 2. The van der Waals surface area contributed by atoms with Crippen LogP contribution in [0.5, 0.6) is 5.75 Å². The molecule has 0 aliphatic heterocycles. The summed E-state index contributed by atoms with van der Waals surface area (Å²) >= 11 is 0. The number of carbonyl (C=O) groups is 1. The molecule has 0 aliphatic carbocycles. The van der Waals surface area contributed by atoms with Crippen molar-refractivity contribution in [1.82, 2.24) is 0 Å². The normalized spacial score (nSPS) is 11.5. The fourth-order valence-electron chi connectivity index (χ4n) is 1.97. The summed E-state index contributed by atoms with van der Waals surface area (Å²) in [7, 11) is -3.07. The SMILES string of the molecule is COc1cc(N=Nc2ccc(N)cc2S(=O)(=O)O)ccc1NC(C)=O. The quantitative estimate of drug-likeness (QED) is 0.423. The molecule has 9 nitrogen and oxygen atoms in total. The Bertz CT molecular complexity index is 941. The summed E-state index contributed by atoms with van der Waals surface area (Å²) in [5.74, 6) is 0.103. The number of nitrogens with two attached hydrogens (primary N) is 1. The van der Waals surface area contributed by atoms with E-state index in [1.165, 1.54) is 32.2 Å². The van der Waals surface area contributed by atoms with Crippen molar-refractivity contribution in [1.29, 1.82) is 0 Å². The second-order valence-electron chi connectivity index (χ2n) is 4.97. The Morgan fingerprint density at radius 2 is 1.92 bits per heavy atom. The molecule has 0 bridgehead atoms. The molecule has 0 saturated carbocycles. The molecule has 0 radical (unpaired) electrons. The van der Waals surface area contributed by atoms with E-state index >= 15 is 0 Å². The first-order chi connectivity index (χ1) is 11.7. The molecule has 2 rings (SSSR count). The second kappa shape index (κ2) is 7.28. The lowest BCUT2D eigenvalue weighted by Crippen LogP contribution is -2.06. The van der Waals surface area contributed by atoms with Crippen LogP contribution in [0.4, 0.5) is 22.7 Å². The van der Waals surface area contributed by atoms with Gasteiger partial charge in [-0.1, -0.05) is 0 Å². The molecule has 2 aromatic carbocycles. The third kappa shape index (κ3) is 4.75. The van der Waals surface area contributed by atoms with Crippen molar-refractivity contribution in [3.05, 3.63) is 36.4 Å². The van der Waals surface area contributed by atoms with Crippen LogP contribution in [0.2, 0.25) is 0 Å². The minimum atomic E-state index is -4.50. The molecule has 4 N–H and O–H groups in total. The fraction of sp³-hybridized carbons (Fsp3) is 0.133. The first kappa shape index (κ1) is 18.4. The number of azo groups is 1. The number of ether oxygens (including phenoxy) is 1. The molecule has 0 fully saturated rings. The van der Waals surface area contributed by atoms with Gasteiger partial charge in [-0.2, -0.15) is 13.5 Å². The maximum Gasteiger partial charge on any atom is 0.296 e. The van der Waals surface area contributed by atoms with Crippen molar-refractivity contribution in [2.24, 2.45) is 10.2 Å². The zero-order valence-corrected chi connectivity index (χ0v) is 14.2. The van der Waals surface area contributed by atoms with E-state index in [0.29, 0.717) is 17.1 Å². The van der Waals surface area contributed by atoms with Crippen LogP contribution in [0, 0.1) is 0 Å². The maximum absolute atomic E-state index is 11.4. The van der Waals surface area contributed by atoms with Gasteiger partial charge in [-0.3, -0.25) is 9.35 Å². The predicted molar refractivity (Wildman–Crippen MR) is 92.1 cm³/mol. The van der Waals surface area contributed by atoms with Crippen LogP contribution in [-0.2, 0) is 14.9 Å². The van der Waals surface area contributed by atoms with Gasteiger partial charge in [-0.15, -0.1) is 5.11 Å². The summed E-state index contributed by atoms with van der Waals surface area (Å²) in [6, 6.07) is 8.49. The number of hydrogen-bond donors (Lipinski definition) is 3. The number of amides is 1. The fourth-order valence-corrected chi connectivity index (χ4v) is 2.62. The van der Waals surface area contributed by atoms with Gasteiger partial charge < -0.3 is 15.8 Å².